The highest BCUT2D eigenvalue weighted by atomic mass is 16.7. The lowest BCUT2D eigenvalue weighted by Gasteiger charge is -2.27. The highest BCUT2D eigenvalue weighted by molar-refractivity contribution is 5.03. The average molecular weight is 376 g/mol. The molecule has 0 heterocycles. The van der Waals surface area contributed by atoms with E-state index in [1.807, 2.05) is 0 Å². The molecule has 0 bridgehead atoms. The molecule has 0 amide bonds. The van der Waals surface area contributed by atoms with E-state index >= 15 is 0 Å². The number of rotatable bonds is 9. The van der Waals surface area contributed by atoms with Gasteiger partial charge in [-0.15, -0.1) is 0 Å². The average Bonchev–Trinajstić information content (AvgIpc) is 3.47. The molecule has 6 aliphatic rings. The Hall–Kier alpha value is -1.20. The number of hydrogen-bond donors (Lipinski definition) is 0. The topological polar surface area (TPSA) is 86.3 Å². The van der Waals surface area contributed by atoms with Gasteiger partial charge in [-0.3, -0.25) is 20.2 Å². The van der Waals surface area contributed by atoms with Crippen LogP contribution in [0.5, 0.6) is 0 Å². The summed E-state index contributed by atoms with van der Waals surface area (Å²) in [5.74, 6) is 6.62. The second kappa shape index (κ2) is 6.41. The Balaban J connectivity index is 0.000000119. The van der Waals surface area contributed by atoms with Gasteiger partial charge in [0, 0.05) is 0 Å². The Morgan fingerprint density at radius 3 is 0.963 bits per heavy atom. The Morgan fingerprint density at radius 2 is 0.815 bits per heavy atom. The van der Waals surface area contributed by atoms with Crippen molar-refractivity contribution in [3.63, 3.8) is 0 Å². The first-order chi connectivity index (χ1) is 13.0. The van der Waals surface area contributed by atoms with Crippen LogP contribution in [0, 0.1) is 67.6 Å². The predicted molar refractivity (Wildman–Crippen MR) is 100 cm³/mol. The molecule has 0 aromatic rings. The molecule has 150 valence electrons. The van der Waals surface area contributed by atoms with Gasteiger partial charge in [-0.05, 0) is 113 Å². The molecule has 0 N–H and O–H groups in total. The van der Waals surface area contributed by atoms with Gasteiger partial charge in [0.2, 0.25) is 0 Å². The van der Waals surface area contributed by atoms with Gasteiger partial charge >= 0.3 is 5.66 Å². The third kappa shape index (κ3) is 3.49. The normalized spacial score (nSPS) is 28.1. The molecule has 6 fully saturated rings. The molecule has 6 aliphatic carbocycles. The van der Waals surface area contributed by atoms with E-state index in [1.165, 1.54) is 35.5 Å². The zero-order valence-corrected chi connectivity index (χ0v) is 16.1. The first-order valence-electron chi connectivity index (χ1n) is 11.3. The highest BCUT2D eigenvalue weighted by Crippen LogP contribution is 2.62. The summed E-state index contributed by atoms with van der Waals surface area (Å²) in [5, 5.41) is 21.6. The number of hydrogen-bond acceptors (Lipinski definition) is 4. The first-order valence-corrected chi connectivity index (χ1v) is 11.3. The summed E-state index contributed by atoms with van der Waals surface area (Å²) in [6.45, 7) is 0. The van der Waals surface area contributed by atoms with E-state index in [2.05, 4.69) is 0 Å². The maximum Gasteiger partial charge on any atom is 0.463 e. The molecule has 0 saturated heterocycles. The van der Waals surface area contributed by atoms with Crippen LogP contribution in [0.3, 0.4) is 0 Å². The van der Waals surface area contributed by atoms with Crippen molar-refractivity contribution in [2.24, 2.45) is 47.3 Å². The van der Waals surface area contributed by atoms with Gasteiger partial charge in [0.15, 0.2) is 0 Å². The van der Waals surface area contributed by atoms with Crippen LogP contribution in [0.2, 0.25) is 0 Å². The zero-order valence-electron chi connectivity index (χ0n) is 16.1. The van der Waals surface area contributed by atoms with E-state index in [4.69, 9.17) is 0 Å². The molecule has 6 nitrogen and oxygen atoms in total. The monoisotopic (exact) mass is 376 g/mol. The predicted octanol–water partition coefficient (Wildman–Crippen LogP) is 4.91. The van der Waals surface area contributed by atoms with E-state index in [9.17, 15) is 20.2 Å². The molecular weight excluding hydrogens is 344 g/mol. The fourth-order valence-electron chi connectivity index (χ4n) is 5.96. The summed E-state index contributed by atoms with van der Waals surface area (Å²) >= 11 is 0. The minimum absolute atomic E-state index is 0.315. The number of nitrogens with zero attached hydrogens (tertiary/aromatic N) is 2. The third-order valence-electron chi connectivity index (χ3n) is 8.05. The van der Waals surface area contributed by atoms with Crippen LogP contribution >= 0.6 is 0 Å². The summed E-state index contributed by atoms with van der Waals surface area (Å²) in [5.41, 5.74) is -1.83. The van der Waals surface area contributed by atoms with E-state index < -0.39 is 15.5 Å². The summed E-state index contributed by atoms with van der Waals surface area (Å²) in [7, 11) is 0. The lowest BCUT2D eigenvalue weighted by atomic mass is 9.78. The summed E-state index contributed by atoms with van der Waals surface area (Å²) in [6.07, 6.45) is 15.3. The van der Waals surface area contributed by atoms with Gasteiger partial charge in [-0.2, -0.15) is 0 Å². The Labute approximate surface area is 160 Å². The van der Waals surface area contributed by atoms with Crippen LogP contribution in [0.4, 0.5) is 0 Å². The van der Waals surface area contributed by atoms with Crippen molar-refractivity contribution in [1.82, 2.24) is 0 Å². The first kappa shape index (κ1) is 17.9. The largest absolute Gasteiger partial charge is 0.463 e. The molecular formula is C21H32N2O4. The van der Waals surface area contributed by atoms with Crippen LogP contribution in [0.25, 0.3) is 0 Å². The summed E-state index contributed by atoms with van der Waals surface area (Å²) in [6, 6.07) is 0. The van der Waals surface area contributed by atoms with E-state index in [0.29, 0.717) is 25.7 Å². The van der Waals surface area contributed by atoms with Crippen molar-refractivity contribution in [3.05, 3.63) is 20.2 Å². The minimum Gasteiger partial charge on any atom is -0.258 e. The summed E-state index contributed by atoms with van der Waals surface area (Å²) < 4.78 is 0. The van der Waals surface area contributed by atoms with E-state index in [1.54, 1.807) is 51.4 Å². The van der Waals surface area contributed by atoms with Crippen molar-refractivity contribution >= 4 is 0 Å². The molecule has 0 aromatic heterocycles. The molecule has 0 unspecified atom stereocenters. The quantitative estimate of drug-likeness (QED) is 0.325. The zero-order chi connectivity index (χ0) is 18.8. The maximum absolute atomic E-state index is 10.8. The van der Waals surface area contributed by atoms with Gasteiger partial charge < -0.3 is 0 Å². The van der Waals surface area contributed by atoms with Crippen molar-refractivity contribution in [2.45, 2.75) is 82.7 Å². The van der Waals surface area contributed by atoms with Crippen LogP contribution in [0.1, 0.15) is 77.0 Å². The minimum atomic E-state index is -1.83. The van der Waals surface area contributed by atoms with Gasteiger partial charge in [0.05, 0.1) is 9.85 Å². The standard InChI is InChI=1S/C14H22.C7H10N2O4/c1-2-9(1)13(10-3-4-10)14(11-5-6-11)12-7-8-12;10-8(11)7(9(12)13,5-1-2-5)6-3-4-6/h9-14H,1-8H2;5-6H,1-4H2. The molecule has 6 rings (SSSR count). The van der Waals surface area contributed by atoms with Crippen LogP contribution in [0.15, 0.2) is 0 Å². The van der Waals surface area contributed by atoms with Crippen molar-refractivity contribution in [1.29, 1.82) is 0 Å². The van der Waals surface area contributed by atoms with Crippen molar-refractivity contribution in [3.8, 4) is 0 Å². The molecule has 27 heavy (non-hydrogen) atoms. The Bertz CT molecular complexity index is 536. The maximum atomic E-state index is 10.8. The highest BCUT2D eigenvalue weighted by Gasteiger charge is 2.74. The summed E-state index contributed by atoms with van der Waals surface area (Å²) in [4.78, 5) is 20.3. The SMILES string of the molecule is C1CC1C(C1CC1)C(C1CC1)C1CC1.O=[N+]([O-])C(C1CC1)(C1CC1)[N+](=O)[O-]. The van der Waals surface area contributed by atoms with Crippen LogP contribution in [-0.4, -0.2) is 15.5 Å². The fourth-order valence-corrected chi connectivity index (χ4v) is 5.96. The Kier molecular flexibility index (Phi) is 4.24. The fraction of sp³-hybridized carbons (Fsp3) is 1.00. The van der Waals surface area contributed by atoms with E-state index in [-0.39, 0.29) is 11.8 Å². The smallest absolute Gasteiger partial charge is 0.258 e. The Morgan fingerprint density at radius 1 is 0.556 bits per heavy atom. The lowest BCUT2D eigenvalue weighted by molar-refractivity contribution is -0.807. The van der Waals surface area contributed by atoms with Gasteiger partial charge in [0.25, 0.3) is 0 Å². The number of nitro groups is 2. The molecule has 0 aromatic carbocycles. The molecule has 6 saturated carbocycles. The van der Waals surface area contributed by atoms with Gasteiger partial charge in [0.1, 0.15) is 11.8 Å². The third-order valence-corrected chi connectivity index (χ3v) is 8.05. The molecule has 6 heteroatoms. The van der Waals surface area contributed by atoms with Crippen LogP contribution in [-0.2, 0) is 0 Å². The van der Waals surface area contributed by atoms with Gasteiger partial charge in [-0.1, -0.05) is 0 Å². The molecule has 0 aliphatic heterocycles. The second-order valence-corrected chi connectivity index (χ2v) is 10.4. The van der Waals surface area contributed by atoms with Crippen molar-refractivity contribution in [2.75, 3.05) is 0 Å². The van der Waals surface area contributed by atoms with Gasteiger partial charge in [-0.25, -0.2) is 0 Å². The lowest BCUT2D eigenvalue weighted by Crippen LogP contribution is -2.50. The molecule has 0 radical (unpaired) electrons. The van der Waals surface area contributed by atoms with Crippen molar-refractivity contribution < 1.29 is 9.85 Å². The second-order valence-electron chi connectivity index (χ2n) is 10.4. The van der Waals surface area contributed by atoms with Crippen LogP contribution < -0.4 is 0 Å². The molecule has 0 spiro atoms. The van der Waals surface area contributed by atoms with E-state index in [0.717, 1.165) is 0 Å². The molecule has 0 atom stereocenters.